The fraction of sp³-hybridized carbons (Fsp3) is 0.304. The Morgan fingerprint density at radius 3 is 2.19 bits per heavy atom. The molecule has 0 spiro atoms. The third kappa shape index (κ3) is 7.99. The number of benzene rings is 2. The maximum absolute atomic E-state index is 12.6. The Hall–Kier alpha value is -4.06. The highest BCUT2D eigenvalue weighted by molar-refractivity contribution is 5.95. The fourth-order valence-corrected chi connectivity index (χ4v) is 2.75. The summed E-state index contributed by atoms with van der Waals surface area (Å²) in [5.41, 5.74) is 5.17. The second-order valence-electron chi connectivity index (χ2n) is 6.55. The molecule has 32 heavy (non-hydrogen) atoms. The van der Waals surface area contributed by atoms with Crippen molar-refractivity contribution >= 4 is 23.4 Å². The Morgan fingerprint density at radius 2 is 1.53 bits per heavy atom. The van der Waals surface area contributed by atoms with Crippen molar-refractivity contribution in [3.63, 3.8) is 0 Å². The van der Waals surface area contributed by atoms with E-state index in [-0.39, 0.29) is 38.3 Å². The number of hydrogen-bond donors (Lipinski definition) is 2. The zero-order chi connectivity index (χ0) is 23.2. The lowest BCUT2D eigenvalue weighted by Crippen LogP contribution is -2.44. The molecule has 0 radical (unpaired) electrons. The number of nitrogens with one attached hydrogen (secondary N) is 2. The van der Waals surface area contributed by atoms with E-state index in [4.69, 9.17) is 14.7 Å². The lowest BCUT2D eigenvalue weighted by molar-refractivity contribution is -0.130. The van der Waals surface area contributed by atoms with Gasteiger partial charge in [-0.1, -0.05) is 30.3 Å². The van der Waals surface area contributed by atoms with Crippen LogP contribution < -0.4 is 25.2 Å². The molecule has 0 aliphatic heterocycles. The fourth-order valence-electron chi connectivity index (χ4n) is 2.75. The van der Waals surface area contributed by atoms with E-state index in [0.29, 0.717) is 23.8 Å². The molecule has 0 aromatic heterocycles. The van der Waals surface area contributed by atoms with Crippen LogP contribution in [0.1, 0.15) is 26.2 Å². The van der Waals surface area contributed by atoms with Gasteiger partial charge in [-0.15, -0.1) is 0 Å². The summed E-state index contributed by atoms with van der Waals surface area (Å²) in [5.74, 6) is -0.432. The number of nitriles is 1. The molecule has 0 unspecified atom stereocenters. The quantitative estimate of drug-likeness (QED) is 0.520. The van der Waals surface area contributed by atoms with Gasteiger partial charge >= 0.3 is 0 Å². The van der Waals surface area contributed by atoms with Crippen LogP contribution in [-0.4, -0.2) is 37.5 Å². The van der Waals surface area contributed by atoms with E-state index in [1.165, 1.54) is 4.90 Å². The van der Waals surface area contributed by atoms with Gasteiger partial charge in [-0.05, 0) is 31.2 Å². The maximum atomic E-state index is 12.6. The van der Waals surface area contributed by atoms with Crippen LogP contribution in [0.4, 0.5) is 5.69 Å². The molecule has 0 heterocycles. The molecule has 0 atom stereocenters. The lowest BCUT2D eigenvalue weighted by Gasteiger charge is -2.21. The van der Waals surface area contributed by atoms with Crippen molar-refractivity contribution in [2.24, 2.45) is 0 Å². The summed E-state index contributed by atoms with van der Waals surface area (Å²) in [6.07, 6.45) is -0.0153. The predicted molar refractivity (Wildman–Crippen MR) is 118 cm³/mol. The molecule has 2 rings (SSSR count). The van der Waals surface area contributed by atoms with E-state index < -0.39 is 11.8 Å². The molecule has 3 amide bonds. The number of hydrazine groups is 1. The molecule has 0 aliphatic rings. The van der Waals surface area contributed by atoms with Gasteiger partial charge in [-0.25, -0.2) is 0 Å². The average molecular weight is 438 g/mol. The van der Waals surface area contributed by atoms with Crippen LogP contribution in [0.25, 0.3) is 0 Å². The van der Waals surface area contributed by atoms with Crippen molar-refractivity contribution in [1.29, 1.82) is 5.26 Å². The summed E-state index contributed by atoms with van der Waals surface area (Å²) in [5, 5.41) is 8.83. The van der Waals surface area contributed by atoms with Crippen LogP contribution in [-0.2, 0) is 14.4 Å². The van der Waals surface area contributed by atoms with Crippen LogP contribution in [0.2, 0.25) is 0 Å². The number of carbonyl (C=O) groups excluding carboxylic acids is 3. The number of carbonyl (C=O) groups is 3. The molecule has 2 N–H and O–H groups in total. The standard InChI is InChI=1S/C23H26N4O5/c1-2-31-19-11-6-7-12-20(19)32-17-22(29)26-25-21(28)13-14-23(30)27(16-8-15-24)18-9-4-3-5-10-18/h3-7,9-12H,2,8,13-14,16-17H2,1H3,(H,25,28)(H,26,29). The number of rotatable bonds is 11. The van der Waals surface area contributed by atoms with Crippen LogP contribution in [0.3, 0.4) is 0 Å². The highest BCUT2D eigenvalue weighted by Gasteiger charge is 2.17. The minimum atomic E-state index is -0.559. The summed E-state index contributed by atoms with van der Waals surface area (Å²) in [4.78, 5) is 38.0. The Bertz CT molecular complexity index is 943. The van der Waals surface area contributed by atoms with E-state index >= 15 is 0 Å². The van der Waals surface area contributed by atoms with Crippen LogP contribution in [0, 0.1) is 11.3 Å². The Labute approximate surface area is 186 Å². The van der Waals surface area contributed by atoms with Gasteiger partial charge in [0.1, 0.15) is 0 Å². The van der Waals surface area contributed by atoms with Crippen LogP contribution >= 0.6 is 0 Å². The van der Waals surface area contributed by atoms with Gasteiger partial charge in [0.25, 0.3) is 5.91 Å². The number of anilines is 1. The molecule has 0 aliphatic carbocycles. The van der Waals surface area contributed by atoms with Crippen LogP contribution in [0.5, 0.6) is 11.5 Å². The van der Waals surface area contributed by atoms with Gasteiger partial charge < -0.3 is 14.4 Å². The Kier molecular flexibility index (Phi) is 10.1. The molecule has 9 nitrogen and oxygen atoms in total. The number of para-hydroxylation sites is 3. The first-order valence-corrected chi connectivity index (χ1v) is 10.2. The van der Waals surface area contributed by atoms with Crippen LogP contribution in [0.15, 0.2) is 54.6 Å². The largest absolute Gasteiger partial charge is 0.490 e. The van der Waals surface area contributed by atoms with E-state index in [1.54, 1.807) is 48.5 Å². The van der Waals surface area contributed by atoms with Gasteiger partial charge in [0.2, 0.25) is 11.8 Å². The average Bonchev–Trinajstić information content (AvgIpc) is 2.82. The maximum Gasteiger partial charge on any atom is 0.276 e. The number of hydrogen-bond acceptors (Lipinski definition) is 6. The molecule has 0 saturated heterocycles. The smallest absolute Gasteiger partial charge is 0.276 e. The third-order valence-electron chi connectivity index (χ3n) is 4.23. The molecule has 2 aromatic rings. The van der Waals surface area contributed by atoms with E-state index in [0.717, 1.165) is 0 Å². The highest BCUT2D eigenvalue weighted by Crippen LogP contribution is 2.26. The molecule has 2 aromatic carbocycles. The SMILES string of the molecule is CCOc1ccccc1OCC(=O)NNC(=O)CCC(=O)N(CCC#N)c1ccccc1. The summed E-state index contributed by atoms with van der Waals surface area (Å²) in [6.45, 7) is 2.21. The molecule has 0 fully saturated rings. The molecule has 168 valence electrons. The first-order chi connectivity index (χ1) is 15.5. The Balaban J connectivity index is 1.77. The van der Waals surface area contributed by atoms with Crippen molar-refractivity contribution < 1.29 is 23.9 Å². The van der Waals surface area contributed by atoms with E-state index in [2.05, 4.69) is 10.9 Å². The summed E-state index contributed by atoms with van der Waals surface area (Å²) in [7, 11) is 0. The van der Waals surface area contributed by atoms with Crippen molar-refractivity contribution in [3.05, 3.63) is 54.6 Å². The Morgan fingerprint density at radius 1 is 0.906 bits per heavy atom. The zero-order valence-corrected chi connectivity index (χ0v) is 17.9. The lowest BCUT2D eigenvalue weighted by atomic mass is 10.2. The summed E-state index contributed by atoms with van der Waals surface area (Å²) < 4.78 is 10.8. The number of amides is 3. The first kappa shape index (κ1) is 24.2. The molecule has 9 heteroatoms. The highest BCUT2D eigenvalue weighted by atomic mass is 16.5. The number of nitrogens with zero attached hydrogens (tertiary/aromatic N) is 2. The minimum absolute atomic E-state index is 0.0692. The second kappa shape index (κ2) is 13.3. The van der Waals surface area contributed by atoms with Gasteiger partial charge in [-0.2, -0.15) is 5.26 Å². The predicted octanol–water partition coefficient (Wildman–Crippen LogP) is 2.34. The summed E-state index contributed by atoms with van der Waals surface area (Å²) in [6, 6.07) is 17.9. The first-order valence-electron chi connectivity index (χ1n) is 10.2. The molecular formula is C23H26N4O5. The van der Waals surface area contributed by atoms with Gasteiger partial charge in [0.05, 0.1) is 19.1 Å². The van der Waals surface area contributed by atoms with Crippen molar-refractivity contribution in [1.82, 2.24) is 10.9 Å². The molecule has 0 bridgehead atoms. The van der Waals surface area contributed by atoms with Gasteiger partial charge in [0, 0.05) is 25.1 Å². The topological polar surface area (TPSA) is 121 Å². The number of ether oxygens (including phenoxy) is 2. The molecular weight excluding hydrogens is 412 g/mol. The second-order valence-corrected chi connectivity index (χ2v) is 6.55. The van der Waals surface area contributed by atoms with E-state index in [1.807, 2.05) is 19.1 Å². The summed E-state index contributed by atoms with van der Waals surface area (Å²) >= 11 is 0. The molecule has 0 saturated carbocycles. The normalized spacial score (nSPS) is 9.88. The zero-order valence-electron chi connectivity index (χ0n) is 17.9. The monoisotopic (exact) mass is 438 g/mol. The van der Waals surface area contributed by atoms with Gasteiger partial charge in [-0.3, -0.25) is 25.2 Å². The third-order valence-corrected chi connectivity index (χ3v) is 4.23. The van der Waals surface area contributed by atoms with Crippen molar-refractivity contribution in [2.45, 2.75) is 26.2 Å². The van der Waals surface area contributed by atoms with Crippen molar-refractivity contribution in [3.8, 4) is 17.6 Å². The van der Waals surface area contributed by atoms with Crippen molar-refractivity contribution in [2.75, 3.05) is 24.7 Å². The minimum Gasteiger partial charge on any atom is -0.490 e. The van der Waals surface area contributed by atoms with Gasteiger partial charge in [0.15, 0.2) is 18.1 Å². The van der Waals surface area contributed by atoms with E-state index in [9.17, 15) is 14.4 Å².